The van der Waals surface area contributed by atoms with Gasteiger partial charge in [-0.3, -0.25) is 0 Å². The van der Waals surface area contributed by atoms with E-state index in [1.165, 1.54) is 12.0 Å². The van der Waals surface area contributed by atoms with Gasteiger partial charge in [0.2, 0.25) is 0 Å². The summed E-state index contributed by atoms with van der Waals surface area (Å²) in [4.78, 5) is 0. The third-order valence-electron chi connectivity index (χ3n) is 2.27. The predicted octanol–water partition coefficient (Wildman–Crippen LogP) is 3.68. The molecule has 0 bridgehead atoms. The average Bonchev–Trinajstić information content (AvgIpc) is 2.06. The first-order valence-corrected chi connectivity index (χ1v) is 4.55. The van der Waals surface area contributed by atoms with Crippen LogP contribution in [0.2, 0.25) is 0 Å². The van der Waals surface area contributed by atoms with Crippen molar-refractivity contribution in [2.45, 2.75) is 27.2 Å². The first-order chi connectivity index (χ1) is 5.64. The van der Waals surface area contributed by atoms with Crippen molar-refractivity contribution < 1.29 is 0 Å². The van der Waals surface area contributed by atoms with Crippen molar-refractivity contribution in [2.24, 2.45) is 5.41 Å². The molecule has 0 aliphatic carbocycles. The lowest BCUT2D eigenvalue weighted by molar-refractivity contribution is 0.430. The van der Waals surface area contributed by atoms with Crippen LogP contribution in [0.25, 0.3) is 0 Å². The van der Waals surface area contributed by atoms with Crippen LogP contribution >= 0.6 is 0 Å². The van der Waals surface area contributed by atoms with E-state index < -0.39 is 0 Å². The van der Waals surface area contributed by atoms with E-state index in [0.29, 0.717) is 5.41 Å². The van der Waals surface area contributed by atoms with Gasteiger partial charge in [-0.2, -0.15) is 0 Å². The smallest absolute Gasteiger partial charge is 0.00368 e. The Bertz CT molecular complexity index is 221. The second-order valence-electron chi connectivity index (χ2n) is 3.90. The van der Waals surface area contributed by atoms with E-state index in [-0.39, 0.29) is 0 Å². The van der Waals surface area contributed by atoms with E-state index >= 15 is 0 Å². The van der Waals surface area contributed by atoms with Gasteiger partial charge in [-0.1, -0.05) is 57.5 Å². The molecule has 0 nitrogen and oxygen atoms in total. The van der Waals surface area contributed by atoms with Crippen LogP contribution < -0.4 is 0 Å². The van der Waals surface area contributed by atoms with E-state index in [0.717, 1.165) is 0 Å². The lowest BCUT2D eigenvalue weighted by Gasteiger charge is -2.21. The maximum Gasteiger partial charge on any atom is -0.00368 e. The molecule has 0 N–H and O–H groups in total. The van der Waals surface area contributed by atoms with Crippen molar-refractivity contribution in [3.05, 3.63) is 42.3 Å². The number of hydrogen-bond acceptors (Lipinski definition) is 0. The van der Waals surface area contributed by atoms with E-state index in [9.17, 15) is 0 Å². The molecule has 0 fully saturated rings. The Morgan fingerprint density at radius 1 is 1.17 bits per heavy atom. The summed E-state index contributed by atoms with van der Waals surface area (Å²) in [6.45, 7) is 6.75. The van der Waals surface area contributed by atoms with Crippen molar-refractivity contribution in [2.75, 3.05) is 0 Å². The minimum atomic E-state index is 0.321. The molecule has 0 heteroatoms. The Morgan fingerprint density at radius 3 is 2.25 bits per heavy atom. The Labute approximate surface area is 75.6 Å². The molecule has 0 atom stereocenters. The van der Waals surface area contributed by atoms with Crippen LogP contribution in [0.1, 0.15) is 32.8 Å². The normalized spacial score (nSPS) is 11.6. The zero-order chi connectivity index (χ0) is 9.03. The molecule has 0 saturated carbocycles. The van der Waals surface area contributed by atoms with Crippen LogP contribution in [0, 0.1) is 11.8 Å². The fourth-order valence-electron chi connectivity index (χ4n) is 1.10. The summed E-state index contributed by atoms with van der Waals surface area (Å²) < 4.78 is 0. The molecule has 0 spiro atoms. The Morgan fingerprint density at radius 2 is 1.75 bits per heavy atom. The van der Waals surface area contributed by atoms with Crippen LogP contribution in [-0.4, -0.2) is 0 Å². The highest BCUT2D eigenvalue weighted by atomic mass is 14.2. The van der Waals surface area contributed by atoms with Gasteiger partial charge in [-0.05, 0) is 17.4 Å². The third-order valence-corrected chi connectivity index (χ3v) is 2.27. The van der Waals surface area contributed by atoms with Gasteiger partial charge in [0.05, 0.1) is 0 Å². The summed E-state index contributed by atoms with van der Waals surface area (Å²) in [5.41, 5.74) is 1.64. The Kier molecular flexibility index (Phi) is 2.91. The summed E-state index contributed by atoms with van der Waals surface area (Å²) in [6, 6.07) is 10.5. The van der Waals surface area contributed by atoms with Gasteiger partial charge in [0.1, 0.15) is 0 Å². The minimum Gasteiger partial charge on any atom is -0.0649 e. The largest absolute Gasteiger partial charge is 0.0649 e. The molecule has 1 radical (unpaired) electrons. The quantitative estimate of drug-likeness (QED) is 0.634. The maximum absolute atomic E-state index is 2.33. The summed E-state index contributed by atoms with van der Waals surface area (Å²) in [5.74, 6) is 0. The van der Waals surface area contributed by atoms with Gasteiger partial charge in [-0.15, -0.1) is 0 Å². The Hall–Kier alpha value is -0.780. The highest BCUT2D eigenvalue weighted by Gasteiger charge is 2.15. The highest BCUT2D eigenvalue weighted by molar-refractivity contribution is 5.24. The second kappa shape index (κ2) is 3.75. The molecule has 65 valence electrons. The molecule has 0 amide bonds. The first kappa shape index (κ1) is 9.31. The molecule has 0 aromatic heterocycles. The van der Waals surface area contributed by atoms with Crippen LogP contribution in [0.5, 0.6) is 0 Å². The van der Waals surface area contributed by atoms with Crippen LogP contribution in [0.15, 0.2) is 30.3 Å². The third kappa shape index (κ3) is 2.69. The lowest BCUT2D eigenvalue weighted by atomic mass is 9.83. The van der Waals surface area contributed by atoms with Gasteiger partial charge in [0.15, 0.2) is 0 Å². The van der Waals surface area contributed by atoms with Gasteiger partial charge in [0.25, 0.3) is 0 Å². The molecule has 0 aliphatic heterocycles. The van der Waals surface area contributed by atoms with Crippen molar-refractivity contribution in [3.63, 3.8) is 0 Å². The van der Waals surface area contributed by atoms with Crippen molar-refractivity contribution in [1.82, 2.24) is 0 Å². The van der Waals surface area contributed by atoms with E-state index in [1.54, 1.807) is 0 Å². The fourth-order valence-corrected chi connectivity index (χ4v) is 1.10. The fraction of sp³-hybridized carbons (Fsp3) is 0.417. The van der Waals surface area contributed by atoms with Crippen molar-refractivity contribution in [1.29, 1.82) is 0 Å². The molecular formula is C12H17. The molecule has 0 heterocycles. The lowest BCUT2D eigenvalue weighted by Crippen LogP contribution is -2.10. The monoisotopic (exact) mass is 161 g/mol. The van der Waals surface area contributed by atoms with E-state index in [1.807, 2.05) is 0 Å². The highest BCUT2D eigenvalue weighted by Crippen LogP contribution is 2.27. The average molecular weight is 161 g/mol. The molecule has 0 unspecified atom stereocenters. The van der Waals surface area contributed by atoms with Crippen molar-refractivity contribution >= 4 is 0 Å². The molecular weight excluding hydrogens is 144 g/mol. The van der Waals surface area contributed by atoms with Gasteiger partial charge >= 0.3 is 0 Å². The SMILES string of the molecule is CCC(C)(C)[CH]c1ccccc1. The molecule has 1 aromatic rings. The minimum absolute atomic E-state index is 0.321. The summed E-state index contributed by atoms with van der Waals surface area (Å²) in [6.07, 6.45) is 3.51. The molecule has 1 aromatic carbocycles. The van der Waals surface area contributed by atoms with Crippen molar-refractivity contribution in [3.8, 4) is 0 Å². The summed E-state index contributed by atoms with van der Waals surface area (Å²) in [5, 5.41) is 0. The van der Waals surface area contributed by atoms with Crippen LogP contribution in [0.3, 0.4) is 0 Å². The number of hydrogen-bond donors (Lipinski definition) is 0. The van der Waals surface area contributed by atoms with E-state index in [4.69, 9.17) is 0 Å². The van der Waals surface area contributed by atoms with E-state index in [2.05, 4.69) is 57.5 Å². The standard InChI is InChI=1S/C12H17/c1-4-12(2,3)10-11-8-6-5-7-9-11/h5-10H,4H2,1-3H3. The number of rotatable bonds is 3. The summed E-state index contributed by atoms with van der Waals surface area (Å²) in [7, 11) is 0. The number of benzene rings is 1. The molecule has 12 heavy (non-hydrogen) atoms. The summed E-state index contributed by atoms with van der Waals surface area (Å²) >= 11 is 0. The first-order valence-electron chi connectivity index (χ1n) is 4.55. The molecule has 1 rings (SSSR count). The van der Waals surface area contributed by atoms with Crippen LogP contribution in [-0.2, 0) is 0 Å². The van der Waals surface area contributed by atoms with Gasteiger partial charge in [0, 0.05) is 0 Å². The van der Waals surface area contributed by atoms with Gasteiger partial charge < -0.3 is 0 Å². The second-order valence-corrected chi connectivity index (χ2v) is 3.90. The molecule has 0 saturated heterocycles. The predicted molar refractivity (Wildman–Crippen MR) is 53.9 cm³/mol. The van der Waals surface area contributed by atoms with Crippen LogP contribution in [0.4, 0.5) is 0 Å². The maximum atomic E-state index is 2.33. The Balaban J connectivity index is 2.64. The molecule has 0 aliphatic rings. The topological polar surface area (TPSA) is 0 Å². The zero-order valence-corrected chi connectivity index (χ0v) is 8.17. The van der Waals surface area contributed by atoms with Gasteiger partial charge in [-0.25, -0.2) is 0 Å². The zero-order valence-electron chi connectivity index (χ0n) is 8.17.